The fourth-order valence-corrected chi connectivity index (χ4v) is 7.96. The standard InChI is InChI=1S/C40H36O8/c1-20(2)5-4-6-27-31(43)12-11-30(39(27)45)40-38-28(26-10-9-25(42)19-35(26)47-40)13-21(3)14-29(38)37-32(44)15-23(17-36(37)48-40)33-16-22-7-8-24(41)18-34(22)46-33/h5,7-12,14-19,28-29,38,41-45H,4,6,13H2,1-3H3. The zero-order valence-electron chi connectivity index (χ0n) is 26.8. The molecule has 0 saturated heterocycles. The zero-order chi connectivity index (χ0) is 33.5. The van der Waals surface area contributed by atoms with Crippen molar-refractivity contribution in [3.8, 4) is 51.6 Å². The average Bonchev–Trinajstić information content (AvgIpc) is 3.45. The second-order valence-corrected chi connectivity index (χ2v) is 13.5. The van der Waals surface area contributed by atoms with Crippen LogP contribution >= 0.6 is 0 Å². The van der Waals surface area contributed by atoms with E-state index in [-0.39, 0.29) is 40.6 Å². The fraction of sp³-hybridized carbons (Fsp3) is 0.250. The molecule has 0 spiro atoms. The molecule has 3 aliphatic rings. The molecule has 8 nitrogen and oxygen atoms in total. The number of hydrogen-bond donors (Lipinski definition) is 5. The van der Waals surface area contributed by atoms with Crippen molar-refractivity contribution in [1.29, 1.82) is 0 Å². The van der Waals surface area contributed by atoms with Gasteiger partial charge >= 0.3 is 0 Å². The monoisotopic (exact) mass is 644 g/mol. The molecule has 0 radical (unpaired) electrons. The zero-order valence-corrected chi connectivity index (χ0v) is 26.8. The van der Waals surface area contributed by atoms with Crippen molar-refractivity contribution in [2.45, 2.75) is 57.7 Å². The first kappa shape index (κ1) is 29.9. The Labute approximate surface area is 277 Å². The molecular formula is C40H36O8. The minimum Gasteiger partial charge on any atom is -0.508 e. The first-order valence-corrected chi connectivity index (χ1v) is 16.2. The van der Waals surface area contributed by atoms with E-state index in [2.05, 4.69) is 19.1 Å². The maximum absolute atomic E-state index is 12.0. The highest BCUT2D eigenvalue weighted by Gasteiger charge is 2.62. The van der Waals surface area contributed by atoms with Gasteiger partial charge in [0.25, 0.3) is 5.79 Å². The van der Waals surface area contributed by atoms with E-state index in [9.17, 15) is 25.5 Å². The lowest BCUT2D eigenvalue weighted by Gasteiger charge is -2.55. The summed E-state index contributed by atoms with van der Waals surface area (Å²) in [5.74, 6) is -1.31. The van der Waals surface area contributed by atoms with E-state index in [1.54, 1.807) is 48.5 Å². The Bertz CT molecular complexity index is 2190. The van der Waals surface area contributed by atoms with Crippen molar-refractivity contribution in [1.82, 2.24) is 0 Å². The van der Waals surface area contributed by atoms with Gasteiger partial charge in [-0.05, 0) is 94.1 Å². The molecule has 8 heteroatoms. The lowest BCUT2D eigenvalue weighted by Crippen LogP contribution is -2.56. The fourth-order valence-electron chi connectivity index (χ4n) is 7.96. The van der Waals surface area contributed by atoms with Gasteiger partial charge < -0.3 is 39.4 Å². The Kier molecular flexibility index (Phi) is 6.70. The Morgan fingerprint density at radius 1 is 0.854 bits per heavy atom. The summed E-state index contributed by atoms with van der Waals surface area (Å²) >= 11 is 0. The average molecular weight is 645 g/mol. The summed E-state index contributed by atoms with van der Waals surface area (Å²) in [7, 11) is 0. The van der Waals surface area contributed by atoms with E-state index in [4.69, 9.17) is 13.9 Å². The summed E-state index contributed by atoms with van der Waals surface area (Å²) in [5, 5.41) is 56.0. The molecule has 1 aliphatic carbocycles. The van der Waals surface area contributed by atoms with Gasteiger partial charge in [0.2, 0.25) is 0 Å². The Morgan fingerprint density at radius 2 is 1.62 bits per heavy atom. The molecule has 1 aromatic heterocycles. The molecule has 3 heterocycles. The summed E-state index contributed by atoms with van der Waals surface area (Å²) in [6.45, 7) is 6.07. The SMILES string of the molecule is CC(C)=CCCc1c(O)ccc(C23Oc4cc(O)ccc4C4CC(C)=CC(c5c(O)cc(-c6cc7ccc(O)cc7o6)cc5O2)C43)c1O. The van der Waals surface area contributed by atoms with Crippen LogP contribution in [-0.4, -0.2) is 25.5 Å². The Morgan fingerprint density at radius 3 is 2.44 bits per heavy atom. The first-order valence-electron chi connectivity index (χ1n) is 16.2. The summed E-state index contributed by atoms with van der Waals surface area (Å²) < 4.78 is 20.0. The topological polar surface area (TPSA) is 133 Å². The molecule has 4 atom stereocenters. The second-order valence-electron chi connectivity index (χ2n) is 13.5. The molecular weight excluding hydrogens is 608 g/mol. The van der Waals surface area contributed by atoms with Crippen molar-refractivity contribution < 1.29 is 39.4 Å². The van der Waals surface area contributed by atoms with Crippen LogP contribution in [0.2, 0.25) is 0 Å². The number of allylic oxidation sites excluding steroid dienone is 4. The van der Waals surface area contributed by atoms with Gasteiger partial charge in [-0.3, -0.25) is 0 Å². The minimum atomic E-state index is -1.60. The Hall–Kier alpha value is -5.50. The van der Waals surface area contributed by atoms with Crippen LogP contribution in [-0.2, 0) is 12.2 Å². The summed E-state index contributed by atoms with van der Waals surface area (Å²) in [5.41, 5.74) is 5.55. The summed E-state index contributed by atoms with van der Waals surface area (Å²) in [6.07, 6.45) is 5.88. The molecule has 8 rings (SSSR count). The number of fused-ring (bicyclic) bond motifs is 5. The number of rotatable bonds is 5. The quantitative estimate of drug-likeness (QED) is 0.120. The largest absolute Gasteiger partial charge is 0.508 e. The highest BCUT2D eigenvalue weighted by Crippen LogP contribution is 2.65. The van der Waals surface area contributed by atoms with Gasteiger partial charge in [-0.15, -0.1) is 0 Å². The smallest absolute Gasteiger partial charge is 0.285 e. The van der Waals surface area contributed by atoms with Crippen molar-refractivity contribution in [3.05, 3.63) is 112 Å². The highest BCUT2D eigenvalue weighted by atomic mass is 16.7. The molecule has 244 valence electrons. The lowest BCUT2D eigenvalue weighted by molar-refractivity contribution is -0.198. The maximum Gasteiger partial charge on any atom is 0.285 e. The van der Waals surface area contributed by atoms with E-state index in [1.807, 2.05) is 26.0 Å². The summed E-state index contributed by atoms with van der Waals surface area (Å²) in [4.78, 5) is 0. The van der Waals surface area contributed by atoms with E-state index in [1.165, 1.54) is 6.07 Å². The minimum absolute atomic E-state index is 0.0248. The van der Waals surface area contributed by atoms with Crippen LogP contribution < -0.4 is 9.47 Å². The van der Waals surface area contributed by atoms with Gasteiger partial charge in [0.1, 0.15) is 51.6 Å². The van der Waals surface area contributed by atoms with Crippen molar-refractivity contribution >= 4 is 11.0 Å². The van der Waals surface area contributed by atoms with Gasteiger partial charge in [0.05, 0.1) is 11.5 Å². The maximum atomic E-state index is 12.0. The molecule has 4 aromatic carbocycles. The number of furan rings is 1. The number of phenolic OH excluding ortho intramolecular Hbond substituents is 5. The van der Waals surface area contributed by atoms with Crippen LogP contribution in [0.5, 0.6) is 40.2 Å². The molecule has 5 aromatic rings. The van der Waals surface area contributed by atoms with Crippen LogP contribution in [0.25, 0.3) is 22.3 Å². The van der Waals surface area contributed by atoms with Crippen LogP contribution in [0.3, 0.4) is 0 Å². The lowest BCUT2D eigenvalue weighted by atomic mass is 9.61. The number of hydrogen-bond acceptors (Lipinski definition) is 8. The molecule has 5 N–H and O–H groups in total. The van der Waals surface area contributed by atoms with E-state index < -0.39 is 11.7 Å². The van der Waals surface area contributed by atoms with Crippen LogP contribution in [0.15, 0.2) is 94.4 Å². The molecule has 2 aliphatic heterocycles. The van der Waals surface area contributed by atoms with Gasteiger partial charge in [-0.25, -0.2) is 0 Å². The van der Waals surface area contributed by atoms with E-state index in [0.29, 0.717) is 64.4 Å². The van der Waals surface area contributed by atoms with Crippen molar-refractivity contribution in [2.24, 2.45) is 5.92 Å². The van der Waals surface area contributed by atoms with Gasteiger partial charge in [-0.1, -0.05) is 29.4 Å². The normalized spacial score (nSPS) is 22.1. The van der Waals surface area contributed by atoms with Crippen molar-refractivity contribution in [2.75, 3.05) is 0 Å². The van der Waals surface area contributed by atoms with Gasteiger partial charge in [0, 0.05) is 46.0 Å². The first-order chi connectivity index (χ1) is 23.0. The highest BCUT2D eigenvalue weighted by molar-refractivity contribution is 5.84. The Balaban J connectivity index is 1.36. The summed E-state index contributed by atoms with van der Waals surface area (Å²) in [6, 6.07) is 18.5. The molecule has 4 unspecified atom stereocenters. The van der Waals surface area contributed by atoms with Crippen molar-refractivity contribution in [3.63, 3.8) is 0 Å². The van der Waals surface area contributed by atoms with Gasteiger partial charge in [-0.2, -0.15) is 0 Å². The third-order valence-corrected chi connectivity index (χ3v) is 10.0. The molecule has 0 amide bonds. The van der Waals surface area contributed by atoms with Crippen LogP contribution in [0, 0.1) is 5.92 Å². The predicted molar refractivity (Wildman–Crippen MR) is 181 cm³/mol. The molecule has 0 saturated carbocycles. The number of benzene rings is 4. The molecule has 48 heavy (non-hydrogen) atoms. The molecule has 0 bridgehead atoms. The third-order valence-electron chi connectivity index (χ3n) is 10.0. The predicted octanol–water partition coefficient (Wildman–Crippen LogP) is 9.00. The van der Waals surface area contributed by atoms with Gasteiger partial charge in [0.15, 0.2) is 0 Å². The van der Waals surface area contributed by atoms with Crippen LogP contribution in [0.4, 0.5) is 0 Å². The number of phenols is 5. The molecule has 0 fully saturated rings. The van der Waals surface area contributed by atoms with E-state index in [0.717, 1.165) is 22.1 Å². The number of aromatic hydroxyl groups is 5. The number of ether oxygens (including phenoxy) is 2. The second kappa shape index (κ2) is 10.8. The third kappa shape index (κ3) is 4.58. The van der Waals surface area contributed by atoms with Crippen LogP contribution in [0.1, 0.15) is 67.7 Å². The van der Waals surface area contributed by atoms with E-state index >= 15 is 0 Å².